The molecular weight excluding hydrogens is 186 g/mol. The van der Waals surface area contributed by atoms with Gasteiger partial charge in [-0.3, -0.25) is 9.59 Å². The lowest BCUT2D eigenvalue weighted by molar-refractivity contribution is -0.127. The first-order valence-electron chi connectivity index (χ1n) is 4.25. The summed E-state index contributed by atoms with van der Waals surface area (Å²) < 4.78 is 0. The number of primary amides is 1. The summed E-state index contributed by atoms with van der Waals surface area (Å²) in [5.41, 5.74) is 9.76. The van der Waals surface area contributed by atoms with E-state index in [1.807, 2.05) is 0 Å². The molecule has 6 heteroatoms. The molecular formula is C8H17N3O3. The Morgan fingerprint density at radius 3 is 2.36 bits per heavy atom. The maximum atomic E-state index is 11.1. The Labute approximate surface area is 82.6 Å². The van der Waals surface area contributed by atoms with E-state index < -0.39 is 17.6 Å². The van der Waals surface area contributed by atoms with E-state index in [4.69, 9.17) is 16.6 Å². The molecule has 0 aliphatic carbocycles. The van der Waals surface area contributed by atoms with E-state index in [0.29, 0.717) is 0 Å². The minimum absolute atomic E-state index is 0.123. The molecule has 0 aromatic heterocycles. The third-order valence-electron chi connectivity index (χ3n) is 1.44. The van der Waals surface area contributed by atoms with Crippen LogP contribution in [0.25, 0.3) is 0 Å². The van der Waals surface area contributed by atoms with Crippen LogP contribution in [-0.4, -0.2) is 35.1 Å². The van der Waals surface area contributed by atoms with Gasteiger partial charge in [0.05, 0.1) is 6.54 Å². The van der Waals surface area contributed by atoms with Crippen LogP contribution in [0.4, 0.5) is 0 Å². The van der Waals surface area contributed by atoms with Crippen molar-refractivity contribution in [3.05, 3.63) is 0 Å². The van der Waals surface area contributed by atoms with Crippen LogP contribution in [0.15, 0.2) is 0 Å². The predicted octanol–water partition coefficient (Wildman–Crippen LogP) is -1.92. The molecule has 0 radical (unpaired) electrons. The number of aliphatic hydroxyl groups is 1. The molecule has 2 amide bonds. The van der Waals surface area contributed by atoms with Crippen LogP contribution >= 0.6 is 0 Å². The Balaban J connectivity index is 3.81. The molecule has 0 aromatic rings. The van der Waals surface area contributed by atoms with Gasteiger partial charge in [0, 0.05) is 12.0 Å². The van der Waals surface area contributed by atoms with Gasteiger partial charge in [0.2, 0.25) is 11.8 Å². The van der Waals surface area contributed by atoms with Gasteiger partial charge in [0.15, 0.2) is 0 Å². The van der Waals surface area contributed by atoms with Crippen molar-refractivity contribution in [2.24, 2.45) is 11.5 Å². The minimum Gasteiger partial charge on any atom is -0.381 e. The number of carbonyl (C=O) groups is 2. The average Bonchev–Trinajstić information content (AvgIpc) is 1.96. The third kappa shape index (κ3) is 6.38. The van der Waals surface area contributed by atoms with E-state index in [1.54, 1.807) is 13.8 Å². The molecule has 0 saturated heterocycles. The molecule has 6 N–H and O–H groups in total. The van der Waals surface area contributed by atoms with Crippen molar-refractivity contribution in [2.45, 2.75) is 31.9 Å². The number of rotatable bonds is 5. The minimum atomic E-state index is -1.35. The normalized spacial score (nSPS) is 13.4. The number of aliphatic hydroxyl groups excluding tert-OH is 1. The van der Waals surface area contributed by atoms with Gasteiger partial charge < -0.3 is 21.9 Å². The van der Waals surface area contributed by atoms with Gasteiger partial charge in [-0.1, -0.05) is 0 Å². The quantitative estimate of drug-likeness (QED) is 0.416. The van der Waals surface area contributed by atoms with Gasteiger partial charge in [0.25, 0.3) is 0 Å². The van der Waals surface area contributed by atoms with Gasteiger partial charge >= 0.3 is 0 Å². The topological polar surface area (TPSA) is 118 Å². The summed E-state index contributed by atoms with van der Waals surface area (Å²) in [5, 5.41) is 11.3. The van der Waals surface area contributed by atoms with Crippen molar-refractivity contribution < 1.29 is 14.7 Å². The molecule has 0 aliphatic heterocycles. The molecule has 0 saturated carbocycles. The Morgan fingerprint density at radius 2 is 2.00 bits per heavy atom. The summed E-state index contributed by atoms with van der Waals surface area (Å²) in [6.07, 6.45) is -1.22. The molecule has 0 aliphatic rings. The molecule has 6 nitrogen and oxygen atoms in total. The molecule has 0 heterocycles. The second-order valence-electron chi connectivity index (χ2n) is 3.89. The van der Waals surface area contributed by atoms with Gasteiger partial charge in [-0.15, -0.1) is 0 Å². The average molecular weight is 203 g/mol. The highest BCUT2D eigenvalue weighted by Crippen LogP contribution is 2.02. The third-order valence-corrected chi connectivity index (χ3v) is 1.44. The Hall–Kier alpha value is -1.14. The second-order valence-corrected chi connectivity index (χ2v) is 3.89. The predicted molar refractivity (Wildman–Crippen MR) is 51.1 cm³/mol. The number of carbonyl (C=O) groups excluding carboxylic acids is 2. The number of amides is 2. The summed E-state index contributed by atoms with van der Waals surface area (Å²) in [5.74, 6) is -1.19. The molecule has 82 valence electrons. The standard InChI is InChI=1S/C8H17N3O3/c1-8(2,10)3-6(13)11-4-5(12)7(9)14/h5,12H,3-4,10H2,1-2H3,(H2,9,14)(H,11,13). The molecule has 0 rings (SSSR count). The largest absolute Gasteiger partial charge is 0.381 e. The van der Waals surface area contributed by atoms with Crippen LogP contribution in [0.1, 0.15) is 20.3 Å². The smallest absolute Gasteiger partial charge is 0.248 e. The first kappa shape index (κ1) is 12.9. The molecule has 1 atom stereocenters. The molecule has 0 spiro atoms. The van der Waals surface area contributed by atoms with Crippen molar-refractivity contribution in [3.63, 3.8) is 0 Å². The highest BCUT2D eigenvalue weighted by atomic mass is 16.3. The van der Waals surface area contributed by atoms with Gasteiger partial charge in [-0.2, -0.15) is 0 Å². The fraction of sp³-hybridized carbons (Fsp3) is 0.750. The van der Waals surface area contributed by atoms with Crippen LogP contribution in [0.2, 0.25) is 0 Å². The first-order chi connectivity index (χ1) is 6.22. The molecule has 0 aromatic carbocycles. The summed E-state index contributed by atoms with van der Waals surface area (Å²) in [4.78, 5) is 21.5. The lowest BCUT2D eigenvalue weighted by atomic mass is 10.0. The summed E-state index contributed by atoms with van der Waals surface area (Å²) in [6, 6.07) is 0. The van der Waals surface area contributed by atoms with Crippen molar-refractivity contribution in [1.29, 1.82) is 0 Å². The monoisotopic (exact) mass is 203 g/mol. The van der Waals surface area contributed by atoms with Crippen LogP contribution in [0.5, 0.6) is 0 Å². The van der Waals surface area contributed by atoms with Crippen LogP contribution < -0.4 is 16.8 Å². The number of nitrogens with two attached hydrogens (primary N) is 2. The number of nitrogens with one attached hydrogen (secondary N) is 1. The van der Waals surface area contributed by atoms with E-state index in [0.717, 1.165) is 0 Å². The second kappa shape index (κ2) is 4.92. The van der Waals surface area contributed by atoms with Crippen LogP contribution in [0, 0.1) is 0 Å². The lowest BCUT2D eigenvalue weighted by Gasteiger charge is -2.17. The Bertz CT molecular complexity index is 222. The van der Waals surface area contributed by atoms with Gasteiger partial charge in [0.1, 0.15) is 6.10 Å². The van der Waals surface area contributed by atoms with E-state index in [2.05, 4.69) is 5.32 Å². The summed E-state index contributed by atoms with van der Waals surface area (Å²) >= 11 is 0. The van der Waals surface area contributed by atoms with Crippen molar-refractivity contribution in [1.82, 2.24) is 5.32 Å². The summed E-state index contributed by atoms with van der Waals surface area (Å²) in [6.45, 7) is 3.23. The Kier molecular flexibility index (Phi) is 4.52. The zero-order valence-electron chi connectivity index (χ0n) is 8.41. The van der Waals surface area contributed by atoms with Crippen molar-refractivity contribution >= 4 is 11.8 Å². The maximum absolute atomic E-state index is 11.1. The molecule has 14 heavy (non-hydrogen) atoms. The highest BCUT2D eigenvalue weighted by Gasteiger charge is 2.18. The first-order valence-corrected chi connectivity index (χ1v) is 4.25. The van der Waals surface area contributed by atoms with E-state index in [1.165, 1.54) is 0 Å². The molecule has 1 unspecified atom stereocenters. The number of hydrogen-bond acceptors (Lipinski definition) is 4. The van der Waals surface area contributed by atoms with Crippen LogP contribution in [0.3, 0.4) is 0 Å². The fourth-order valence-corrected chi connectivity index (χ4v) is 0.787. The molecule has 0 fully saturated rings. The SMILES string of the molecule is CC(C)(N)CC(=O)NCC(O)C(N)=O. The van der Waals surface area contributed by atoms with Crippen molar-refractivity contribution in [3.8, 4) is 0 Å². The zero-order chi connectivity index (χ0) is 11.4. The number of hydrogen-bond donors (Lipinski definition) is 4. The fourth-order valence-electron chi connectivity index (χ4n) is 0.787. The Morgan fingerprint density at radius 1 is 1.50 bits per heavy atom. The van der Waals surface area contributed by atoms with E-state index in [9.17, 15) is 9.59 Å². The van der Waals surface area contributed by atoms with E-state index >= 15 is 0 Å². The summed E-state index contributed by atoms with van der Waals surface area (Å²) in [7, 11) is 0. The van der Waals surface area contributed by atoms with Crippen molar-refractivity contribution in [2.75, 3.05) is 6.54 Å². The lowest BCUT2D eigenvalue weighted by Crippen LogP contribution is -2.43. The maximum Gasteiger partial charge on any atom is 0.248 e. The van der Waals surface area contributed by atoms with Gasteiger partial charge in [-0.25, -0.2) is 0 Å². The van der Waals surface area contributed by atoms with Crippen LogP contribution in [-0.2, 0) is 9.59 Å². The molecule has 0 bridgehead atoms. The highest BCUT2D eigenvalue weighted by molar-refractivity contribution is 5.81. The zero-order valence-corrected chi connectivity index (χ0v) is 8.41. The van der Waals surface area contributed by atoms with Gasteiger partial charge in [-0.05, 0) is 13.8 Å². The van der Waals surface area contributed by atoms with E-state index in [-0.39, 0.29) is 18.9 Å².